The molecule has 0 aliphatic rings. The van der Waals surface area contributed by atoms with Gasteiger partial charge in [-0.05, 0) is 29.6 Å². The fraction of sp³-hybridized carbons (Fsp3) is 0.455. The molecule has 0 fully saturated rings. The molecular weight excluding hydrogens is 190 g/mol. The van der Waals surface area contributed by atoms with E-state index in [1.54, 1.807) is 0 Å². The molecule has 0 N–H and O–H groups in total. The number of aryl methyl sites for hydroxylation is 1. The lowest BCUT2D eigenvalue weighted by atomic mass is 10.1. The molecule has 0 spiro atoms. The standard InChI is InChI=1S/C11H15N3O/c1-2-3-10-4-6-11(7-5-10)15-9-8-13-14-12/h4-7H,2-3,8-9H2,1H3. The molecule has 4 heteroatoms. The number of benzene rings is 1. The number of ether oxygens (including phenoxy) is 1. The van der Waals surface area contributed by atoms with E-state index in [1.165, 1.54) is 5.56 Å². The van der Waals surface area contributed by atoms with Crippen molar-refractivity contribution in [3.8, 4) is 5.75 Å². The Balaban J connectivity index is 2.38. The Bertz CT molecular complexity index is 328. The van der Waals surface area contributed by atoms with E-state index in [-0.39, 0.29) is 0 Å². The highest BCUT2D eigenvalue weighted by atomic mass is 16.5. The van der Waals surface area contributed by atoms with Gasteiger partial charge in [-0.3, -0.25) is 0 Å². The third-order valence-electron chi connectivity index (χ3n) is 1.99. The smallest absolute Gasteiger partial charge is 0.119 e. The highest BCUT2D eigenvalue weighted by Crippen LogP contribution is 2.13. The predicted octanol–water partition coefficient (Wildman–Crippen LogP) is 3.33. The summed E-state index contributed by atoms with van der Waals surface area (Å²) in [5.74, 6) is 0.822. The quantitative estimate of drug-likeness (QED) is 0.304. The van der Waals surface area contributed by atoms with Gasteiger partial charge >= 0.3 is 0 Å². The minimum Gasteiger partial charge on any atom is -0.493 e. The molecule has 0 aromatic heterocycles. The zero-order chi connectivity index (χ0) is 10.9. The summed E-state index contributed by atoms with van der Waals surface area (Å²) in [5.41, 5.74) is 9.38. The SMILES string of the molecule is CCCc1ccc(OCCN=[N+]=[N-])cc1. The van der Waals surface area contributed by atoms with Gasteiger partial charge in [0, 0.05) is 4.91 Å². The maximum atomic E-state index is 8.06. The van der Waals surface area contributed by atoms with Gasteiger partial charge in [-0.2, -0.15) is 0 Å². The average molecular weight is 205 g/mol. The van der Waals surface area contributed by atoms with E-state index >= 15 is 0 Å². The van der Waals surface area contributed by atoms with Crippen molar-refractivity contribution in [1.29, 1.82) is 0 Å². The molecule has 1 aromatic rings. The van der Waals surface area contributed by atoms with Gasteiger partial charge in [-0.25, -0.2) is 0 Å². The summed E-state index contributed by atoms with van der Waals surface area (Å²) in [6, 6.07) is 8.01. The summed E-state index contributed by atoms with van der Waals surface area (Å²) in [4.78, 5) is 2.65. The van der Waals surface area contributed by atoms with Crippen molar-refractivity contribution in [3.05, 3.63) is 40.3 Å². The van der Waals surface area contributed by atoms with Gasteiger partial charge < -0.3 is 4.74 Å². The van der Waals surface area contributed by atoms with Crippen LogP contribution in [0.4, 0.5) is 0 Å². The largest absolute Gasteiger partial charge is 0.493 e. The second kappa shape index (κ2) is 6.74. The van der Waals surface area contributed by atoms with Crippen LogP contribution in [0.5, 0.6) is 5.75 Å². The van der Waals surface area contributed by atoms with Crippen molar-refractivity contribution < 1.29 is 4.74 Å². The summed E-state index contributed by atoms with van der Waals surface area (Å²) in [5, 5.41) is 3.39. The van der Waals surface area contributed by atoms with Gasteiger partial charge in [0.1, 0.15) is 5.75 Å². The second-order valence-electron chi connectivity index (χ2n) is 3.20. The van der Waals surface area contributed by atoms with Crippen LogP contribution in [-0.2, 0) is 6.42 Å². The molecular formula is C11H15N3O. The molecule has 0 bridgehead atoms. The molecule has 0 atom stereocenters. The molecule has 15 heavy (non-hydrogen) atoms. The number of hydrogen-bond acceptors (Lipinski definition) is 2. The van der Waals surface area contributed by atoms with Crippen molar-refractivity contribution in [3.63, 3.8) is 0 Å². The highest BCUT2D eigenvalue weighted by Gasteiger charge is 1.94. The molecule has 0 heterocycles. The van der Waals surface area contributed by atoms with Gasteiger partial charge in [-0.15, -0.1) is 0 Å². The molecule has 0 amide bonds. The Morgan fingerprint density at radius 2 is 2.07 bits per heavy atom. The fourth-order valence-corrected chi connectivity index (χ4v) is 1.29. The van der Waals surface area contributed by atoms with Gasteiger partial charge in [0.25, 0.3) is 0 Å². The Hall–Kier alpha value is -1.67. The van der Waals surface area contributed by atoms with Crippen LogP contribution in [-0.4, -0.2) is 13.2 Å². The van der Waals surface area contributed by atoms with Crippen LogP contribution in [0, 0.1) is 0 Å². The van der Waals surface area contributed by atoms with Crippen LogP contribution in [0.3, 0.4) is 0 Å². The van der Waals surface area contributed by atoms with Crippen molar-refractivity contribution in [2.75, 3.05) is 13.2 Å². The zero-order valence-corrected chi connectivity index (χ0v) is 8.89. The third kappa shape index (κ3) is 4.38. The predicted molar refractivity (Wildman–Crippen MR) is 59.9 cm³/mol. The zero-order valence-electron chi connectivity index (χ0n) is 8.89. The van der Waals surface area contributed by atoms with Crippen LogP contribution in [0.25, 0.3) is 10.4 Å². The Labute approximate surface area is 89.5 Å². The van der Waals surface area contributed by atoms with Crippen molar-refractivity contribution in [2.45, 2.75) is 19.8 Å². The maximum Gasteiger partial charge on any atom is 0.119 e. The normalized spacial score (nSPS) is 9.40. The molecule has 0 unspecified atom stereocenters. The van der Waals surface area contributed by atoms with Gasteiger partial charge in [0.2, 0.25) is 0 Å². The number of azide groups is 1. The van der Waals surface area contributed by atoms with Crippen LogP contribution >= 0.6 is 0 Å². The second-order valence-corrected chi connectivity index (χ2v) is 3.20. The topological polar surface area (TPSA) is 58.0 Å². The Kier molecular flexibility index (Phi) is 5.12. The lowest BCUT2D eigenvalue weighted by Gasteiger charge is -2.04. The first-order valence-electron chi connectivity index (χ1n) is 5.09. The van der Waals surface area contributed by atoms with E-state index in [9.17, 15) is 0 Å². The van der Waals surface area contributed by atoms with Gasteiger partial charge in [0.15, 0.2) is 0 Å². The Morgan fingerprint density at radius 3 is 2.67 bits per heavy atom. The monoisotopic (exact) mass is 205 g/mol. The Morgan fingerprint density at radius 1 is 1.33 bits per heavy atom. The van der Waals surface area contributed by atoms with E-state index in [0.29, 0.717) is 13.2 Å². The van der Waals surface area contributed by atoms with E-state index in [1.807, 2.05) is 12.1 Å². The number of hydrogen-bond donors (Lipinski definition) is 0. The molecule has 1 aromatic carbocycles. The molecule has 80 valence electrons. The first-order valence-corrected chi connectivity index (χ1v) is 5.09. The summed E-state index contributed by atoms with van der Waals surface area (Å²) in [7, 11) is 0. The van der Waals surface area contributed by atoms with Crippen LogP contribution in [0.2, 0.25) is 0 Å². The first kappa shape index (κ1) is 11.4. The molecule has 1 rings (SSSR count). The summed E-state index contributed by atoms with van der Waals surface area (Å²) in [6.45, 7) is 2.95. The van der Waals surface area contributed by atoms with Gasteiger partial charge in [0.05, 0.1) is 13.2 Å². The summed E-state index contributed by atoms with van der Waals surface area (Å²) < 4.78 is 5.38. The van der Waals surface area contributed by atoms with Crippen molar-refractivity contribution in [2.24, 2.45) is 5.11 Å². The highest BCUT2D eigenvalue weighted by molar-refractivity contribution is 5.27. The number of nitrogens with zero attached hydrogens (tertiary/aromatic N) is 3. The van der Waals surface area contributed by atoms with E-state index in [0.717, 1.165) is 18.6 Å². The lowest BCUT2D eigenvalue weighted by molar-refractivity contribution is 0.328. The third-order valence-corrected chi connectivity index (χ3v) is 1.99. The first-order chi connectivity index (χ1) is 7.36. The fourth-order valence-electron chi connectivity index (χ4n) is 1.29. The molecule has 0 saturated carbocycles. The summed E-state index contributed by atoms with van der Waals surface area (Å²) in [6.07, 6.45) is 2.25. The van der Waals surface area contributed by atoms with Crippen molar-refractivity contribution >= 4 is 0 Å². The maximum absolute atomic E-state index is 8.06. The molecule has 4 nitrogen and oxygen atoms in total. The molecule has 0 aliphatic carbocycles. The average Bonchev–Trinajstić information content (AvgIpc) is 2.27. The minimum absolute atomic E-state index is 0.368. The minimum atomic E-state index is 0.368. The summed E-state index contributed by atoms with van der Waals surface area (Å²) >= 11 is 0. The number of rotatable bonds is 6. The van der Waals surface area contributed by atoms with Crippen molar-refractivity contribution in [1.82, 2.24) is 0 Å². The van der Waals surface area contributed by atoms with Crippen LogP contribution in [0.15, 0.2) is 29.4 Å². The van der Waals surface area contributed by atoms with Crippen LogP contribution in [0.1, 0.15) is 18.9 Å². The van der Waals surface area contributed by atoms with E-state index in [2.05, 4.69) is 29.1 Å². The lowest BCUT2D eigenvalue weighted by Crippen LogP contribution is -2.00. The van der Waals surface area contributed by atoms with E-state index in [4.69, 9.17) is 10.3 Å². The molecule has 0 saturated heterocycles. The van der Waals surface area contributed by atoms with Crippen LogP contribution < -0.4 is 4.74 Å². The molecule has 0 aliphatic heterocycles. The van der Waals surface area contributed by atoms with Gasteiger partial charge in [-0.1, -0.05) is 30.6 Å². The molecule has 0 radical (unpaired) electrons. The van der Waals surface area contributed by atoms with E-state index < -0.39 is 0 Å².